The van der Waals surface area contributed by atoms with Crippen molar-refractivity contribution >= 4 is 24.4 Å². The molecule has 2 aliphatic rings. The minimum absolute atomic E-state index is 0.171. The van der Waals surface area contributed by atoms with Crippen molar-refractivity contribution in [1.29, 1.82) is 0 Å². The zero-order valence-corrected chi connectivity index (χ0v) is 31.4. The Labute approximate surface area is 285 Å². The predicted molar refractivity (Wildman–Crippen MR) is 200 cm³/mol. The van der Waals surface area contributed by atoms with Gasteiger partial charge in [-0.05, 0) is 125 Å². The summed E-state index contributed by atoms with van der Waals surface area (Å²) in [6.45, 7) is 22.4. The van der Waals surface area contributed by atoms with Crippen molar-refractivity contribution in [3.8, 4) is 0 Å². The summed E-state index contributed by atoms with van der Waals surface area (Å²) in [4.78, 5) is 10.7. The van der Waals surface area contributed by atoms with Gasteiger partial charge in [0.25, 0.3) is 0 Å². The number of ether oxygens (including phenoxy) is 2. The van der Waals surface area contributed by atoms with Gasteiger partial charge in [-0.2, -0.15) is 0 Å². The molecule has 1 fully saturated rings. The van der Waals surface area contributed by atoms with Crippen molar-refractivity contribution in [2.24, 2.45) is 27.2 Å². The summed E-state index contributed by atoms with van der Waals surface area (Å²) >= 11 is 1.66. The number of fused-ring (bicyclic) bond motifs is 2. The van der Waals surface area contributed by atoms with Crippen LogP contribution in [0.3, 0.4) is 0 Å². The molecule has 0 aromatic heterocycles. The molecular formula is C39H62N4O2S. The lowest BCUT2D eigenvalue weighted by Crippen LogP contribution is -2.39. The van der Waals surface area contributed by atoms with Gasteiger partial charge < -0.3 is 14.8 Å². The van der Waals surface area contributed by atoms with Crippen molar-refractivity contribution < 1.29 is 9.47 Å². The lowest BCUT2D eigenvalue weighted by molar-refractivity contribution is 0.110. The second-order valence-corrected chi connectivity index (χ2v) is 14.6. The Hall–Kier alpha value is -2.45. The summed E-state index contributed by atoms with van der Waals surface area (Å²) in [7, 11) is 5.34. The maximum Gasteiger partial charge on any atom is 0.217 e. The molecule has 2 atom stereocenters. The summed E-state index contributed by atoms with van der Waals surface area (Å²) < 4.78 is 14.4. The van der Waals surface area contributed by atoms with Crippen LogP contribution < -0.4 is 10.0 Å². The molecule has 2 bridgehead atoms. The van der Waals surface area contributed by atoms with E-state index in [1.807, 2.05) is 13.8 Å². The zero-order valence-electron chi connectivity index (χ0n) is 30.6. The fourth-order valence-electron chi connectivity index (χ4n) is 6.57. The van der Waals surface area contributed by atoms with E-state index in [1.54, 1.807) is 26.2 Å². The minimum atomic E-state index is 0.171. The van der Waals surface area contributed by atoms with Gasteiger partial charge in [0, 0.05) is 42.2 Å². The van der Waals surface area contributed by atoms with Crippen LogP contribution in [-0.2, 0) is 9.47 Å². The van der Waals surface area contributed by atoms with Crippen LogP contribution in [0.25, 0.3) is 0 Å². The monoisotopic (exact) mass is 650 g/mol. The molecule has 6 nitrogen and oxygen atoms in total. The van der Waals surface area contributed by atoms with Crippen LogP contribution in [0.4, 0.5) is 0 Å². The van der Waals surface area contributed by atoms with Crippen LogP contribution in [0.5, 0.6) is 0 Å². The molecule has 0 amide bonds. The third kappa shape index (κ3) is 12.0. The van der Waals surface area contributed by atoms with Gasteiger partial charge in [0.1, 0.15) is 0 Å². The van der Waals surface area contributed by atoms with Gasteiger partial charge >= 0.3 is 0 Å². The lowest BCUT2D eigenvalue weighted by atomic mass is 9.71. The third-order valence-corrected chi connectivity index (χ3v) is 9.49. The summed E-state index contributed by atoms with van der Waals surface area (Å²) in [6, 6.07) is 16.2. The highest BCUT2D eigenvalue weighted by atomic mass is 32.2. The first-order valence-corrected chi connectivity index (χ1v) is 17.8. The number of hydrogen-bond donors (Lipinski definition) is 2. The summed E-state index contributed by atoms with van der Waals surface area (Å²) in [5, 5.41) is 3.45. The summed E-state index contributed by atoms with van der Waals surface area (Å²) in [6.07, 6.45) is 6.07. The van der Waals surface area contributed by atoms with E-state index >= 15 is 0 Å². The molecule has 1 heterocycles. The number of allylic oxidation sites excluding steroid dienone is 1. The highest BCUT2D eigenvalue weighted by Gasteiger charge is 2.33. The Kier molecular flexibility index (Phi) is 17.3. The topological polar surface area (TPSA) is 67.2 Å². The minimum Gasteiger partial charge on any atom is -0.477 e. The van der Waals surface area contributed by atoms with E-state index in [0.717, 1.165) is 29.2 Å². The molecule has 0 saturated heterocycles. The molecule has 0 radical (unpaired) electrons. The Bertz CT molecular complexity index is 1260. The quantitative estimate of drug-likeness (QED) is 0.231. The molecule has 2 N–H and O–H groups in total. The summed E-state index contributed by atoms with van der Waals surface area (Å²) in [5.41, 5.74) is 6.94. The van der Waals surface area contributed by atoms with Crippen molar-refractivity contribution in [1.82, 2.24) is 10.0 Å². The third-order valence-electron chi connectivity index (χ3n) is 8.72. The molecule has 0 spiro atoms. The first-order valence-electron chi connectivity index (χ1n) is 17.0. The van der Waals surface area contributed by atoms with Gasteiger partial charge in [-0.25, -0.2) is 9.71 Å². The van der Waals surface area contributed by atoms with Gasteiger partial charge in [0.15, 0.2) is 0 Å². The Morgan fingerprint density at radius 2 is 1.67 bits per heavy atom. The second kappa shape index (κ2) is 20.0. The number of aliphatic imine (C=N–C) groups is 2. The zero-order chi connectivity index (χ0) is 34.3. The van der Waals surface area contributed by atoms with Crippen LogP contribution in [0.1, 0.15) is 102 Å². The van der Waals surface area contributed by atoms with E-state index in [0.29, 0.717) is 37.0 Å². The molecule has 4 rings (SSSR count). The van der Waals surface area contributed by atoms with Gasteiger partial charge in [0.05, 0.1) is 19.0 Å². The van der Waals surface area contributed by atoms with Gasteiger partial charge in [-0.1, -0.05) is 65.0 Å². The molecule has 1 aliphatic carbocycles. The molecule has 1 saturated carbocycles. The number of hydrogen-bond acceptors (Lipinski definition) is 7. The van der Waals surface area contributed by atoms with Crippen molar-refractivity contribution in [2.45, 2.75) is 104 Å². The first-order chi connectivity index (χ1) is 22.0. The van der Waals surface area contributed by atoms with E-state index < -0.39 is 0 Å². The average molecular weight is 651 g/mol. The van der Waals surface area contributed by atoms with Crippen LogP contribution in [0.15, 0.2) is 68.8 Å². The van der Waals surface area contributed by atoms with Crippen LogP contribution >= 0.6 is 11.9 Å². The Morgan fingerprint density at radius 3 is 2.26 bits per heavy atom. The normalized spacial score (nSPS) is 24.7. The Morgan fingerprint density at radius 1 is 1.04 bits per heavy atom. The number of nitrogens with one attached hydrogen (secondary N) is 2. The fraction of sp³-hybridized carbons (Fsp3) is 0.590. The van der Waals surface area contributed by atoms with Crippen molar-refractivity contribution in [3.05, 3.63) is 76.2 Å². The first kappa shape index (κ1) is 39.7. The van der Waals surface area contributed by atoms with Crippen LogP contribution in [-0.4, -0.2) is 53.0 Å². The highest BCUT2D eigenvalue weighted by Crippen LogP contribution is 2.42. The SMILES string of the molecule is C=N/C1=C(C)\C(c2c(C)cccc2C)=N/CNSc2cccc(c2)C(CCC2CC(NC)C2)C(CC(C)(C)C)CO1.CC.COC. The molecule has 46 heavy (non-hydrogen) atoms. The molecule has 2 aromatic rings. The second-order valence-electron chi connectivity index (χ2n) is 13.6. The number of methoxy groups -OCH3 is 1. The average Bonchev–Trinajstić information content (AvgIpc) is 2.99. The predicted octanol–water partition coefficient (Wildman–Crippen LogP) is 9.51. The summed E-state index contributed by atoms with van der Waals surface area (Å²) in [5.74, 6) is 2.14. The Balaban J connectivity index is 0.00000139. The van der Waals surface area contributed by atoms with Crippen LogP contribution in [0, 0.1) is 31.1 Å². The maximum atomic E-state index is 6.66. The number of aryl methyl sites for hydroxylation is 2. The fourth-order valence-corrected chi connectivity index (χ4v) is 7.21. The molecule has 2 unspecified atom stereocenters. The van der Waals surface area contributed by atoms with E-state index in [9.17, 15) is 0 Å². The number of rotatable bonds is 7. The smallest absolute Gasteiger partial charge is 0.217 e. The maximum absolute atomic E-state index is 6.66. The molecule has 1 aliphatic heterocycles. The largest absolute Gasteiger partial charge is 0.477 e. The van der Waals surface area contributed by atoms with E-state index in [4.69, 9.17) is 9.73 Å². The molecule has 7 heteroatoms. The number of benzene rings is 2. The van der Waals surface area contributed by atoms with Gasteiger partial charge in [0.2, 0.25) is 5.88 Å². The van der Waals surface area contributed by atoms with Crippen molar-refractivity contribution in [3.63, 3.8) is 0 Å². The van der Waals surface area contributed by atoms with E-state index in [-0.39, 0.29) is 5.41 Å². The van der Waals surface area contributed by atoms with E-state index in [1.165, 1.54) is 47.3 Å². The number of nitrogens with zero attached hydrogens (tertiary/aromatic N) is 2. The highest BCUT2D eigenvalue weighted by molar-refractivity contribution is 7.97. The molecule has 2 aromatic carbocycles. The van der Waals surface area contributed by atoms with Gasteiger partial charge in [-0.15, -0.1) is 0 Å². The molecule has 256 valence electrons. The lowest BCUT2D eigenvalue weighted by Gasteiger charge is -2.38. The molecular weight excluding hydrogens is 589 g/mol. The van der Waals surface area contributed by atoms with E-state index in [2.05, 4.69) is 118 Å². The standard InChI is InChI=1S/C35H50N4OS.C2H6O.C2H6/c1-23-11-9-12-24(2)32(23)33-25(3)34(37-8)40-21-28(20-35(4,5)6)31(16-15-26-17-29(18-26)36-7)27-13-10-14-30(19-27)41-39-22-38-33;1-3-2;1-2/h9-14,19,26,28-29,31,36,39H,8,15-18,20-22H2,1-7H3;1-2H3;1-2H3/b34-25+,38-33+;;. The van der Waals surface area contributed by atoms with Crippen LogP contribution in [0.2, 0.25) is 0 Å². The van der Waals surface area contributed by atoms with Gasteiger partial charge in [-0.3, -0.25) is 4.99 Å². The van der Waals surface area contributed by atoms with Crippen molar-refractivity contribution in [2.75, 3.05) is 34.5 Å².